The zero-order valence-electron chi connectivity index (χ0n) is 14.3. The van der Waals surface area contributed by atoms with E-state index >= 15 is 0 Å². The summed E-state index contributed by atoms with van der Waals surface area (Å²) >= 11 is 0. The fourth-order valence-electron chi connectivity index (χ4n) is 3.18. The van der Waals surface area contributed by atoms with Crippen LogP contribution in [0, 0.1) is 0 Å². The first kappa shape index (κ1) is 16.3. The molecule has 7 heteroatoms. The highest BCUT2D eigenvalue weighted by atomic mass is 16.4. The lowest BCUT2D eigenvalue weighted by atomic mass is 10.2. The van der Waals surface area contributed by atoms with Crippen molar-refractivity contribution in [1.29, 1.82) is 0 Å². The van der Waals surface area contributed by atoms with E-state index in [-0.39, 0.29) is 6.03 Å². The van der Waals surface area contributed by atoms with Crippen LogP contribution in [0.15, 0.2) is 57.7 Å². The zero-order chi connectivity index (χ0) is 17.9. The number of hydrogen-bond acceptors (Lipinski definition) is 4. The largest absolute Gasteiger partial charge is 0.417 e. The topological polar surface area (TPSA) is 81.6 Å². The van der Waals surface area contributed by atoms with E-state index in [2.05, 4.69) is 15.2 Å². The average Bonchev–Trinajstić information content (AvgIpc) is 3.06. The molecule has 1 aromatic heterocycles. The van der Waals surface area contributed by atoms with Gasteiger partial charge in [0.2, 0.25) is 0 Å². The van der Waals surface area contributed by atoms with E-state index in [9.17, 15) is 9.59 Å². The van der Waals surface area contributed by atoms with Gasteiger partial charge in [-0.25, -0.2) is 9.59 Å². The number of oxazole rings is 1. The van der Waals surface area contributed by atoms with Gasteiger partial charge in [0.25, 0.3) is 0 Å². The van der Waals surface area contributed by atoms with Crippen molar-refractivity contribution in [3.05, 3.63) is 64.6 Å². The third kappa shape index (κ3) is 3.42. The van der Waals surface area contributed by atoms with Crippen molar-refractivity contribution in [2.45, 2.75) is 6.54 Å². The molecule has 0 saturated carbocycles. The summed E-state index contributed by atoms with van der Waals surface area (Å²) in [5.74, 6) is -0.447. The van der Waals surface area contributed by atoms with Gasteiger partial charge in [0.05, 0.1) is 5.52 Å². The minimum atomic E-state index is -0.447. The maximum atomic E-state index is 12.3. The SMILES string of the molecule is O=C(NCc1ccccc1)N1CCN(c2ccc3[nH]c(=O)oc3c2)CC1. The van der Waals surface area contributed by atoms with Crippen LogP contribution in [0.5, 0.6) is 0 Å². The molecule has 0 bridgehead atoms. The smallest absolute Gasteiger partial charge is 0.408 e. The van der Waals surface area contributed by atoms with E-state index in [1.54, 1.807) is 0 Å². The summed E-state index contributed by atoms with van der Waals surface area (Å²) in [5, 5.41) is 2.96. The molecule has 134 valence electrons. The molecule has 3 aromatic rings. The number of hydrogen-bond donors (Lipinski definition) is 2. The Labute approximate surface area is 150 Å². The second-order valence-electron chi connectivity index (χ2n) is 6.31. The number of nitrogens with zero attached hydrogens (tertiary/aromatic N) is 2. The van der Waals surface area contributed by atoms with Crippen LogP contribution in [-0.2, 0) is 6.54 Å². The van der Waals surface area contributed by atoms with E-state index < -0.39 is 5.76 Å². The monoisotopic (exact) mass is 352 g/mol. The first-order valence-corrected chi connectivity index (χ1v) is 8.63. The van der Waals surface area contributed by atoms with E-state index in [4.69, 9.17) is 4.42 Å². The van der Waals surface area contributed by atoms with Crippen molar-refractivity contribution in [2.75, 3.05) is 31.1 Å². The Hall–Kier alpha value is -3.22. The highest BCUT2D eigenvalue weighted by molar-refractivity contribution is 5.77. The Bertz CT molecular complexity index is 956. The molecule has 0 unspecified atom stereocenters. The average molecular weight is 352 g/mol. The summed E-state index contributed by atoms with van der Waals surface area (Å²) in [6.45, 7) is 3.30. The summed E-state index contributed by atoms with van der Waals surface area (Å²) < 4.78 is 5.12. The number of benzene rings is 2. The second kappa shape index (κ2) is 6.95. The van der Waals surface area contributed by atoms with Gasteiger partial charge in [-0.1, -0.05) is 30.3 Å². The predicted molar refractivity (Wildman–Crippen MR) is 99.3 cm³/mol. The summed E-state index contributed by atoms with van der Waals surface area (Å²) in [6.07, 6.45) is 0. The Morgan fingerprint density at radius 2 is 1.85 bits per heavy atom. The molecule has 2 aromatic carbocycles. The van der Waals surface area contributed by atoms with Crippen LogP contribution < -0.4 is 16.0 Å². The fourth-order valence-corrected chi connectivity index (χ4v) is 3.18. The van der Waals surface area contributed by atoms with Crippen LogP contribution in [0.4, 0.5) is 10.5 Å². The lowest BCUT2D eigenvalue weighted by molar-refractivity contribution is 0.194. The number of aromatic nitrogens is 1. The molecule has 7 nitrogen and oxygen atoms in total. The molecule has 2 N–H and O–H groups in total. The highest BCUT2D eigenvalue weighted by Crippen LogP contribution is 2.21. The Morgan fingerprint density at radius 1 is 1.08 bits per heavy atom. The van der Waals surface area contributed by atoms with Crippen LogP contribution in [0.3, 0.4) is 0 Å². The minimum Gasteiger partial charge on any atom is -0.408 e. The van der Waals surface area contributed by atoms with Crippen molar-refractivity contribution >= 4 is 22.8 Å². The summed E-state index contributed by atoms with van der Waals surface area (Å²) in [4.78, 5) is 30.3. The van der Waals surface area contributed by atoms with Crippen molar-refractivity contribution in [2.24, 2.45) is 0 Å². The van der Waals surface area contributed by atoms with Gasteiger partial charge in [-0.3, -0.25) is 4.98 Å². The zero-order valence-corrected chi connectivity index (χ0v) is 14.3. The molecule has 1 aliphatic heterocycles. The van der Waals surface area contributed by atoms with Crippen LogP contribution in [0.2, 0.25) is 0 Å². The summed E-state index contributed by atoms with van der Waals surface area (Å²) in [5.41, 5.74) is 3.32. The molecule has 0 spiro atoms. The molecule has 4 rings (SSSR count). The normalized spacial score (nSPS) is 14.6. The quantitative estimate of drug-likeness (QED) is 0.757. The lowest BCUT2D eigenvalue weighted by Crippen LogP contribution is -2.51. The van der Waals surface area contributed by atoms with Gasteiger partial charge in [0, 0.05) is 44.5 Å². The molecule has 0 aliphatic carbocycles. The highest BCUT2D eigenvalue weighted by Gasteiger charge is 2.21. The molecular weight excluding hydrogens is 332 g/mol. The van der Waals surface area contributed by atoms with Crippen molar-refractivity contribution in [1.82, 2.24) is 15.2 Å². The number of H-pyrrole nitrogens is 1. The molecule has 0 radical (unpaired) electrons. The van der Waals surface area contributed by atoms with Gasteiger partial charge in [-0.2, -0.15) is 0 Å². The van der Waals surface area contributed by atoms with Gasteiger partial charge in [-0.15, -0.1) is 0 Å². The predicted octanol–water partition coefficient (Wildman–Crippen LogP) is 2.15. The van der Waals surface area contributed by atoms with Crippen LogP contribution in [-0.4, -0.2) is 42.1 Å². The van der Waals surface area contributed by atoms with Crippen LogP contribution in [0.25, 0.3) is 11.1 Å². The van der Waals surface area contributed by atoms with Crippen molar-refractivity contribution < 1.29 is 9.21 Å². The van der Waals surface area contributed by atoms with Gasteiger partial charge < -0.3 is 19.5 Å². The van der Waals surface area contributed by atoms with E-state index in [0.717, 1.165) is 24.3 Å². The number of fused-ring (bicyclic) bond motifs is 1. The maximum Gasteiger partial charge on any atom is 0.417 e. The number of rotatable bonds is 3. The number of carbonyl (C=O) groups excluding carboxylic acids is 1. The first-order valence-electron chi connectivity index (χ1n) is 8.63. The van der Waals surface area contributed by atoms with Crippen molar-refractivity contribution in [3.63, 3.8) is 0 Å². The summed E-state index contributed by atoms with van der Waals surface area (Å²) in [7, 11) is 0. The number of piperazine rings is 1. The fraction of sp³-hybridized carbons (Fsp3) is 0.263. The molecule has 1 saturated heterocycles. The van der Waals surface area contributed by atoms with Gasteiger partial charge in [-0.05, 0) is 17.7 Å². The summed E-state index contributed by atoms with van der Waals surface area (Å²) in [6, 6.07) is 15.5. The number of amides is 2. The number of urea groups is 1. The number of anilines is 1. The van der Waals surface area contributed by atoms with E-state index in [1.807, 2.05) is 53.4 Å². The number of nitrogens with one attached hydrogen (secondary N) is 2. The molecule has 0 atom stereocenters. The molecule has 26 heavy (non-hydrogen) atoms. The Balaban J connectivity index is 1.34. The lowest BCUT2D eigenvalue weighted by Gasteiger charge is -2.36. The van der Waals surface area contributed by atoms with E-state index in [0.29, 0.717) is 30.7 Å². The standard InChI is InChI=1S/C19H20N4O3/c24-18(20-13-14-4-2-1-3-5-14)23-10-8-22(9-11-23)15-6-7-16-17(12-15)26-19(25)21-16/h1-7,12H,8-11,13H2,(H,20,24)(H,21,25). The number of carbonyl (C=O) groups is 1. The molecular formula is C19H20N4O3. The van der Waals surface area contributed by atoms with Crippen LogP contribution in [0.1, 0.15) is 5.56 Å². The molecule has 2 heterocycles. The minimum absolute atomic E-state index is 0.0411. The second-order valence-corrected chi connectivity index (χ2v) is 6.31. The molecule has 1 aliphatic rings. The third-order valence-corrected chi connectivity index (χ3v) is 4.62. The number of aromatic amines is 1. The first-order chi connectivity index (χ1) is 12.7. The Morgan fingerprint density at radius 3 is 2.62 bits per heavy atom. The van der Waals surface area contributed by atoms with Crippen LogP contribution >= 0.6 is 0 Å². The van der Waals surface area contributed by atoms with Gasteiger partial charge >= 0.3 is 11.8 Å². The van der Waals surface area contributed by atoms with Gasteiger partial charge in [0.15, 0.2) is 5.58 Å². The van der Waals surface area contributed by atoms with E-state index in [1.165, 1.54) is 0 Å². The third-order valence-electron chi connectivity index (χ3n) is 4.62. The molecule has 2 amide bonds. The Kier molecular flexibility index (Phi) is 4.35. The molecule has 1 fully saturated rings. The van der Waals surface area contributed by atoms with Gasteiger partial charge in [0.1, 0.15) is 0 Å². The maximum absolute atomic E-state index is 12.3. The van der Waals surface area contributed by atoms with Crippen molar-refractivity contribution in [3.8, 4) is 0 Å².